The van der Waals surface area contributed by atoms with E-state index in [9.17, 15) is 14.4 Å². The van der Waals surface area contributed by atoms with Crippen LogP contribution in [0.2, 0.25) is 0 Å². The molecule has 0 amide bonds. The number of ether oxygens (including phenoxy) is 2. The van der Waals surface area contributed by atoms with Crippen LogP contribution < -0.4 is 5.56 Å². The lowest BCUT2D eigenvalue weighted by molar-refractivity contribution is 0.0319. The van der Waals surface area contributed by atoms with Crippen molar-refractivity contribution in [3.63, 3.8) is 0 Å². The summed E-state index contributed by atoms with van der Waals surface area (Å²) in [6.45, 7) is 7.09. The lowest BCUT2D eigenvalue weighted by atomic mass is 10.1. The molecule has 1 N–H and O–H groups in total. The second-order valence-corrected chi connectivity index (χ2v) is 7.27. The van der Waals surface area contributed by atoms with Gasteiger partial charge in [-0.1, -0.05) is 18.2 Å². The highest BCUT2D eigenvalue weighted by Crippen LogP contribution is 2.28. The van der Waals surface area contributed by atoms with Gasteiger partial charge in [0.05, 0.1) is 17.6 Å². The average Bonchev–Trinajstić information content (AvgIpc) is 2.99. The normalized spacial score (nSPS) is 12.0. The highest BCUT2D eigenvalue weighted by atomic mass is 32.1. The summed E-state index contributed by atoms with van der Waals surface area (Å²) in [7, 11) is 0. The zero-order chi connectivity index (χ0) is 20.4. The highest BCUT2D eigenvalue weighted by Gasteiger charge is 2.23. The third kappa shape index (κ3) is 3.68. The second kappa shape index (κ2) is 7.93. The fourth-order valence-corrected chi connectivity index (χ4v) is 3.91. The van der Waals surface area contributed by atoms with E-state index in [-0.39, 0.29) is 18.0 Å². The summed E-state index contributed by atoms with van der Waals surface area (Å²) in [6, 6.07) is 7.09. The summed E-state index contributed by atoms with van der Waals surface area (Å²) in [6.07, 6.45) is -0.766. The zero-order valence-corrected chi connectivity index (χ0v) is 16.8. The van der Waals surface area contributed by atoms with Crippen LogP contribution in [-0.4, -0.2) is 28.5 Å². The van der Waals surface area contributed by atoms with Crippen LogP contribution >= 0.6 is 11.3 Å². The summed E-state index contributed by atoms with van der Waals surface area (Å²) < 4.78 is 10.5. The third-order valence-corrected chi connectivity index (χ3v) is 5.48. The van der Waals surface area contributed by atoms with Gasteiger partial charge in [0.25, 0.3) is 5.56 Å². The maximum atomic E-state index is 12.5. The number of hydrogen-bond donors (Lipinski definition) is 1. The number of fused-ring (bicyclic) bond motifs is 1. The van der Waals surface area contributed by atoms with Crippen molar-refractivity contribution in [2.45, 2.75) is 33.8 Å². The van der Waals surface area contributed by atoms with Gasteiger partial charge < -0.3 is 14.5 Å². The largest absolute Gasteiger partial charge is 0.462 e. The van der Waals surface area contributed by atoms with E-state index in [0.29, 0.717) is 26.2 Å². The number of aromatic nitrogens is 2. The number of rotatable bonds is 5. The molecule has 0 radical (unpaired) electrons. The van der Waals surface area contributed by atoms with Gasteiger partial charge in [-0.3, -0.25) is 4.79 Å². The molecule has 0 aliphatic rings. The molecule has 8 heteroatoms. The van der Waals surface area contributed by atoms with Crippen LogP contribution in [0.5, 0.6) is 0 Å². The molecule has 146 valence electrons. The van der Waals surface area contributed by atoms with Crippen molar-refractivity contribution in [2.75, 3.05) is 6.61 Å². The number of aryl methyl sites for hydroxylation is 2. The number of hydrogen-bond acceptors (Lipinski definition) is 7. The lowest BCUT2D eigenvalue weighted by Gasteiger charge is -2.13. The van der Waals surface area contributed by atoms with E-state index >= 15 is 0 Å². The quantitative estimate of drug-likeness (QED) is 0.656. The van der Waals surface area contributed by atoms with Gasteiger partial charge in [-0.2, -0.15) is 0 Å². The molecule has 28 heavy (non-hydrogen) atoms. The summed E-state index contributed by atoms with van der Waals surface area (Å²) in [5.74, 6) is -0.762. The Hall–Kier alpha value is -3.00. The van der Waals surface area contributed by atoms with Gasteiger partial charge in [0.15, 0.2) is 11.9 Å². The zero-order valence-electron chi connectivity index (χ0n) is 16.0. The maximum Gasteiger partial charge on any atom is 0.348 e. The van der Waals surface area contributed by atoms with Gasteiger partial charge in [0.1, 0.15) is 9.71 Å². The molecule has 0 spiro atoms. The first-order valence-corrected chi connectivity index (χ1v) is 9.62. The summed E-state index contributed by atoms with van der Waals surface area (Å²) >= 11 is 1.09. The smallest absolute Gasteiger partial charge is 0.348 e. The van der Waals surface area contributed by atoms with Gasteiger partial charge in [0, 0.05) is 0 Å². The monoisotopic (exact) mass is 400 g/mol. The molecular formula is C20H20N2O5S. The number of nitrogens with zero attached hydrogens (tertiary/aromatic N) is 1. The van der Waals surface area contributed by atoms with Gasteiger partial charge in [-0.05, 0) is 44.9 Å². The predicted octanol–water partition coefficient (Wildman–Crippen LogP) is 3.70. The molecule has 2 heterocycles. The van der Waals surface area contributed by atoms with Crippen LogP contribution in [-0.2, 0) is 9.47 Å². The van der Waals surface area contributed by atoms with Crippen LogP contribution in [0.15, 0.2) is 29.1 Å². The van der Waals surface area contributed by atoms with E-state index < -0.39 is 18.0 Å². The summed E-state index contributed by atoms with van der Waals surface area (Å²) in [5, 5.41) is 0.342. The van der Waals surface area contributed by atoms with Crippen molar-refractivity contribution in [3.8, 4) is 0 Å². The molecule has 0 unspecified atom stereocenters. The van der Waals surface area contributed by atoms with Crippen molar-refractivity contribution >= 4 is 33.5 Å². The Balaban J connectivity index is 1.93. The van der Waals surface area contributed by atoms with Gasteiger partial charge in [-0.25, -0.2) is 14.6 Å². The number of aromatic amines is 1. The SMILES string of the molecule is CCOC(=O)c1sc2nc([C@H](C)OC(=O)c3ccccc3C)[nH]c(=O)c2c1C. The van der Waals surface area contributed by atoms with Crippen LogP contribution in [0.4, 0.5) is 0 Å². The van der Waals surface area contributed by atoms with E-state index in [0.717, 1.165) is 16.9 Å². The molecule has 3 rings (SSSR count). The number of carbonyl (C=O) groups excluding carboxylic acids is 2. The minimum atomic E-state index is -0.766. The van der Waals surface area contributed by atoms with Gasteiger partial charge in [-0.15, -0.1) is 11.3 Å². The number of thiophene rings is 1. The minimum Gasteiger partial charge on any atom is -0.462 e. The van der Waals surface area contributed by atoms with E-state index in [4.69, 9.17) is 9.47 Å². The Morgan fingerprint density at radius 3 is 2.61 bits per heavy atom. The minimum absolute atomic E-state index is 0.219. The van der Waals surface area contributed by atoms with Crippen molar-refractivity contribution in [1.82, 2.24) is 9.97 Å². The van der Waals surface area contributed by atoms with E-state index in [1.807, 2.05) is 19.1 Å². The third-order valence-electron chi connectivity index (χ3n) is 4.31. The van der Waals surface area contributed by atoms with Crippen molar-refractivity contribution < 1.29 is 19.1 Å². The fraction of sp³-hybridized carbons (Fsp3) is 0.300. The second-order valence-electron chi connectivity index (χ2n) is 6.27. The number of carbonyl (C=O) groups is 2. The molecular weight excluding hydrogens is 380 g/mol. The summed E-state index contributed by atoms with van der Waals surface area (Å²) in [5.41, 5.74) is 1.39. The first-order chi connectivity index (χ1) is 13.3. The first kappa shape index (κ1) is 19.8. The molecule has 3 aromatic rings. The highest BCUT2D eigenvalue weighted by molar-refractivity contribution is 7.20. The van der Waals surface area contributed by atoms with Crippen molar-refractivity contribution in [3.05, 3.63) is 62.0 Å². The van der Waals surface area contributed by atoms with Gasteiger partial charge in [0.2, 0.25) is 0 Å². The van der Waals surface area contributed by atoms with E-state index in [2.05, 4.69) is 9.97 Å². The molecule has 2 aromatic heterocycles. The van der Waals surface area contributed by atoms with Crippen LogP contribution in [0.25, 0.3) is 10.2 Å². The number of H-pyrrole nitrogens is 1. The van der Waals surface area contributed by atoms with Crippen LogP contribution in [0.3, 0.4) is 0 Å². The standard InChI is InChI=1S/C20H20N2O5S/c1-5-26-20(25)15-11(3)14-17(23)21-16(22-18(14)28-15)12(4)27-19(24)13-9-7-6-8-10(13)2/h6-9,12H,5H2,1-4H3,(H,21,22,23)/t12-/m0/s1. The number of esters is 2. The predicted molar refractivity (Wildman–Crippen MR) is 106 cm³/mol. The number of nitrogens with one attached hydrogen (secondary N) is 1. The van der Waals surface area contributed by atoms with Crippen LogP contribution in [0, 0.1) is 13.8 Å². The Morgan fingerprint density at radius 2 is 1.93 bits per heavy atom. The van der Waals surface area contributed by atoms with Gasteiger partial charge >= 0.3 is 11.9 Å². The van der Waals surface area contributed by atoms with E-state index in [1.165, 1.54) is 0 Å². The van der Waals surface area contributed by atoms with Crippen molar-refractivity contribution in [1.29, 1.82) is 0 Å². The topological polar surface area (TPSA) is 98.3 Å². The fourth-order valence-electron chi connectivity index (χ4n) is 2.83. The molecule has 1 aromatic carbocycles. The Morgan fingerprint density at radius 1 is 1.21 bits per heavy atom. The molecule has 0 fully saturated rings. The molecule has 7 nitrogen and oxygen atoms in total. The molecule has 0 aliphatic carbocycles. The summed E-state index contributed by atoms with van der Waals surface area (Å²) in [4.78, 5) is 44.9. The lowest BCUT2D eigenvalue weighted by Crippen LogP contribution is -2.17. The maximum absolute atomic E-state index is 12.5. The average molecular weight is 400 g/mol. The molecule has 0 aliphatic heterocycles. The molecule has 0 bridgehead atoms. The Bertz CT molecular complexity index is 1120. The van der Waals surface area contributed by atoms with Crippen LogP contribution in [0.1, 0.15) is 56.9 Å². The Kier molecular flexibility index (Phi) is 5.60. The van der Waals surface area contributed by atoms with E-state index in [1.54, 1.807) is 32.9 Å². The van der Waals surface area contributed by atoms with Crippen molar-refractivity contribution in [2.24, 2.45) is 0 Å². The number of benzene rings is 1. The Labute approximate surface area is 165 Å². The molecule has 1 atom stereocenters. The molecule has 0 saturated heterocycles. The molecule has 0 saturated carbocycles. The first-order valence-electron chi connectivity index (χ1n) is 8.80.